The van der Waals surface area contributed by atoms with Crippen molar-refractivity contribution in [2.24, 2.45) is 5.92 Å². The van der Waals surface area contributed by atoms with E-state index in [2.05, 4.69) is 5.32 Å². The minimum absolute atomic E-state index is 0.0154. The predicted octanol–water partition coefficient (Wildman–Crippen LogP) is 1.06. The maximum absolute atomic E-state index is 12.4. The molecule has 6 nitrogen and oxygen atoms in total. The van der Waals surface area contributed by atoms with Crippen molar-refractivity contribution in [1.82, 2.24) is 10.2 Å². The lowest BCUT2D eigenvalue weighted by Gasteiger charge is -2.30. The molecule has 2 rings (SSSR count). The van der Waals surface area contributed by atoms with E-state index in [1.807, 2.05) is 20.8 Å². The van der Waals surface area contributed by atoms with E-state index in [0.717, 1.165) is 6.42 Å². The van der Waals surface area contributed by atoms with Gasteiger partial charge in [0, 0.05) is 12.2 Å². The van der Waals surface area contributed by atoms with E-state index in [4.69, 9.17) is 0 Å². The van der Waals surface area contributed by atoms with Crippen LogP contribution in [0.3, 0.4) is 0 Å². The topological polar surface area (TPSA) is 86.7 Å². The van der Waals surface area contributed by atoms with Crippen LogP contribution in [0.2, 0.25) is 0 Å². The summed E-state index contributed by atoms with van der Waals surface area (Å²) in [6, 6.07) is -1.45. The van der Waals surface area contributed by atoms with Gasteiger partial charge in [-0.05, 0) is 25.7 Å². The Hall–Kier alpha value is -1.24. The SMILES string of the molecule is CC(C)C[C@H](NC(=O)C1CSC2(C)CCC(=O)N12)C(=O)O. The molecule has 7 heteroatoms. The second-order valence-electron chi connectivity index (χ2n) is 6.29. The van der Waals surface area contributed by atoms with Gasteiger partial charge in [-0.2, -0.15) is 0 Å². The highest BCUT2D eigenvalue weighted by molar-refractivity contribution is 8.01. The van der Waals surface area contributed by atoms with E-state index >= 15 is 0 Å². The molecule has 2 unspecified atom stereocenters. The first-order valence-electron chi connectivity index (χ1n) is 7.24. The zero-order valence-corrected chi connectivity index (χ0v) is 13.4. The summed E-state index contributed by atoms with van der Waals surface area (Å²) in [6.07, 6.45) is 1.59. The van der Waals surface area contributed by atoms with Gasteiger partial charge in [0.05, 0.1) is 4.87 Å². The first-order valence-corrected chi connectivity index (χ1v) is 8.22. The molecule has 3 atom stereocenters. The number of thioether (sulfide) groups is 1. The van der Waals surface area contributed by atoms with Crippen LogP contribution in [0.1, 0.15) is 40.0 Å². The predicted molar refractivity (Wildman–Crippen MR) is 79.8 cm³/mol. The van der Waals surface area contributed by atoms with Crippen molar-refractivity contribution in [3.05, 3.63) is 0 Å². The van der Waals surface area contributed by atoms with E-state index < -0.39 is 18.1 Å². The zero-order chi connectivity index (χ0) is 15.8. The highest BCUT2D eigenvalue weighted by Crippen LogP contribution is 2.47. The van der Waals surface area contributed by atoms with Gasteiger partial charge in [-0.3, -0.25) is 9.59 Å². The van der Waals surface area contributed by atoms with Gasteiger partial charge < -0.3 is 15.3 Å². The molecule has 2 fully saturated rings. The Labute approximate surface area is 128 Å². The van der Waals surface area contributed by atoms with Gasteiger partial charge in [0.15, 0.2) is 0 Å². The van der Waals surface area contributed by atoms with Crippen LogP contribution in [0, 0.1) is 5.92 Å². The molecule has 0 saturated carbocycles. The Kier molecular flexibility index (Phi) is 4.51. The zero-order valence-electron chi connectivity index (χ0n) is 12.6. The number of fused-ring (bicyclic) bond motifs is 1. The third kappa shape index (κ3) is 3.17. The number of carbonyl (C=O) groups is 3. The molecular weight excluding hydrogens is 292 g/mol. The first kappa shape index (κ1) is 16.1. The maximum atomic E-state index is 12.4. The number of carboxylic acids is 1. The summed E-state index contributed by atoms with van der Waals surface area (Å²) in [6.45, 7) is 5.79. The number of nitrogens with one attached hydrogen (secondary N) is 1. The Bertz CT molecular complexity index is 468. The lowest BCUT2D eigenvalue weighted by molar-refractivity contribution is -0.144. The third-order valence-corrected chi connectivity index (χ3v) is 5.57. The van der Waals surface area contributed by atoms with Gasteiger partial charge >= 0.3 is 5.97 Å². The molecule has 2 saturated heterocycles. The highest BCUT2D eigenvalue weighted by Gasteiger charge is 2.53. The molecular formula is C14H22N2O4S. The number of rotatable bonds is 5. The van der Waals surface area contributed by atoms with Gasteiger partial charge in [-0.1, -0.05) is 13.8 Å². The molecule has 0 radical (unpaired) electrons. The number of nitrogens with zero attached hydrogens (tertiary/aromatic N) is 1. The third-order valence-electron chi connectivity index (χ3n) is 4.07. The van der Waals surface area contributed by atoms with Crippen molar-refractivity contribution in [2.45, 2.75) is 57.0 Å². The lowest BCUT2D eigenvalue weighted by Crippen LogP contribution is -2.53. The van der Waals surface area contributed by atoms with Crippen molar-refractivity contribution in [3.8, 4) is 0 Å². The second kappa shape index (κ2) is 5.87. The van der Waals surface area contributed by atoms with Crippen molar-refractivity contribution in [2.75, 3.05) is 5.75 Å². The minimum atomic E-state index is -1.03. The quantitative estimate of drug-likeness (QED) is 0.792. The summed E-state index contributed by atoms with van der Waals surface area (Å²) >= 11 is 1.60. The second-order valence-corrected chi connectivity index (χ2v) is 7.80. The summed E-state index contributed by atoms with van der Waals surface area (Å²) in [5.41, 5.74) is 0. The molecule has 0 aromatic heterocycles. The fraction of sp³-hybridized carbons (Fsp3) is 0.786. The van der Waals surface area contributed by atoms with Crippen LogP contribution in [0.4, 0.5) is 0 Å². The summed E-state index contributed by atoms with van der Waals surface area (Å²) < 4.78 is 0. The summed E-state index contributed by atoms with van der Waals surface area (Å²) in [5.74, 6) is -0.698. The van der Waals surface area contributed by atoms with Gasteiger partial charge in [0.2, 0.25) is 11.8 Å². The van der Waals surface area contributed by atoms with Crippen LogP contribution in [-0.4, -0.2) is 50.5 Å². The Morgan fingerprint density at radius 3 is 2.76 bits per heavy atom. The van der Waals surface area contributed by atoms with Crippen LogP contribution in [0.15, 0.2) is 0 Å². The number of aliphatic carboxylic acids is 1. The molecule has 0 spiro atoms. The minimum Gasteiger partial charge on any atom is -0.480 e. The van der Waals surface area contributed by atoms with Crippen LogP contribution >= 0.6 is 11.8 Å². The Balaban J connectivity index is 2.06. The van der Waals surface area contributed by atoms with E-state index in [0.29, 0.717) is 18.6 Å². The van der Waals surface area contributed by atoms with E-state index in [1.165, 1.54) is 0 Å². The molecule has 0 aliphatic carbocycles. The lowest BCUT2D eigenvalue weighted by atomic mass is 10.0. The smallest absolute Gasteiger partial charge is 0.326 e. The molecule has 2 aliphatic rings. The maximum Gasteiger partial charge on any atom is 0.326 e. The number of hydrogen-bond donors (Lipinski definition) is 2. The Morgan fingerprint density at radius 1 is 1.52 bits per heavy atom. The molecule has 0 bridgehead atoms. The molecule has 2 N–H and O–H groups in total. The van der Waals surface area contributed by atoms with Crippen LogP contribution in [0.25, 0.3) is 0 Å². The molecule has 0 aromatic rings. The average Bonchev–Trinajstić information content (AvgIpc) is 2.85. The van der Waals surface area contributed by atoms with E-state index in [-0.39, 0.29) is 22.6 Å². The molecule has 2 aliphatic heterocycles. The summed E-state index contributed by atoms with van der Waals surface area (Å²) in [5, 5.41) is 11.8. The van der Waals surface area contributed by atoms with E-state index in [1.54, 1.807) is 16.7 Å². The van der Waals surface area contributed by atoms with Gasteiger partial charge in [-0.25, -0.2) is 4.79 Å². The number of carboxylic acid groups (broad SMARTS) is 1. The number of amides is 2. The number of hydrogen-bond acceptors (Lipinski definition) is 4. The fourth-order valence-corrected chi connectivity index (χ4v) is 4.41. The van der Waals surface area contributed by atoms with Crippen molar-refractivity contribution < 1.29 is 19.5 Å². The van der Waals surface area contributed by atoms with Crippen LogP contribution in [0.5, 0.6) is 0 Å². The van der Waals surface area contributed by atoms with Crippen LogP contribution in [-0.2, 0) is 14.4 Å². The average molecular weight is 314 g/mol. The van der Waals surface area contributed by atoms with Crippen molar-refractivity contribution in [3.63, 3.8) is 0 Å². The van der Waals surface area contributed by atoms with Crippen molar-refractivity contribution in [1.29, 1.82) is 0 Å². The molecule has 118 valence electrons. The van der Waals surface area contributed by atoms with Crippen molar-refractivity contribution >= 4 is 29.5 Å². The van der Waals surface area contributed by atoms with Gasteiger partial charge in [0.25, 0.3) is 0 Å². The molecule has 21 heavy (non-hydrogen) atoms. The highest BCUT2D eigenvalue weighted by atomic mass is 32.2. The first-order chi connectivity index (χ1) is 9.74. The van der Waals surface area contributed by atoms with E-state index in [9.17, 15) is 19.5 Å². The van der Waals surface area contributed by atoms with Gasteiger partial charge in [0.1, 0.15) is 12.1 Å². The molecule has 2 heterocycles. The monoisotopic (exact) mass is 314 g/mol. The van der Waals surface area contributed by atoms with Crippen LogP contribution < -0.4 is 5.32 Å². The fourth-order valence-electron chi connectivity index (χ4n) is 2.98. The number of carbonyl (C=O) groups excluding carboxylic acids is 2. The summed E-state index contributed by atoms with van der Waals surface area (Å²) in [7, 11) is 0. The Morgan fingerprint density at radius 2 is 2.19 bits per heavy atom. The normalized spacial score (nSPS) is 29.6. The van der Waals surface area contributed by atoms with Gasteiger partial charge in [-0.15, -0.1) is 11.8 Å². The summed E-state index contributed by atoms with van der Waals surface area (Å²) in [4.78, 5) is 37.0. The molecule has 0 aromatic carbocycles. The molecule has 2 amide bonds. The standard InChI is InChI=1S/C14H22N2O4S/c1-8(2)6-9(13(19)20)15-12(18)10-7-21-14(3)5-4-11(17)16(10)14/h8-10H,4-7H2,1-3H3,(H,15,18)(H,19,20)/t9-,10?,14?/m0/s1. The largest absolute Gasteiger partial charge is 0.480 e.